The van der Waals surface area contributed by atoms with Gasteiger partial charge in [-0.25, -0.2) is 28.2 Å². The van der Waals surface area contributed by atoms with Crippen molar-refractivity contribution in [3.8, 4) is 0 Å². The molecule has 1 aliphatic rings. The van der Waals surface area contributed by atoms with Crippen LogP contribution in [0.15, 0.2) is 14.8 Å². The molecule has 0 saturated carbocycles. The number of aliphatic hydroxyl groups is 1. The zero-order chi connectivity index (χ0) is 27.3. The van der Waals surface area contributed by atoms with Gasteiger partial charge in [0, 0.05) is 11.3 Å². The number of pyridine rings is 1. The van der Waals surface area contributed by atoms with E-state index in [0.29, 0.717) is 34.8 Å². The van der Waals surface area contributed by atoms with E-state index in [0.717, 1.165) is 23.3 Å². The number of thiazole rings is 1. The number of carbonyl (C=O) groups is 2. The number of carboxylic acids is 1. The average molecular weight is 554 g/mol. The first-order valence-electron chi connectivity index (χ1n) is 11.7. The monoisotopic (exact) mass is 553 g/mol. The summed E-state index contributed by atoms with van der Waals surface area (Å²) in [5.74, 6) is -1.18. The third kappa shape index (κ3) is 5.69. The minimum atomic E-state index is -3.48. The molecule has 2 heterocycles. The molecule has 0 fully saturated rings. The number of anilines is 1. The van der Waals surface area contributed by atoms with Crippen LogP contribution in [0.5, 0.6) is 0 Å². The van der Waals surface area contributed by atoms with Gasteiger partial charge < -0.3 is 15.5 Å². The second-order valence-corrected chi connectivity index (χ2v) is 19.6. The van der Waals surface area contributed by atoms with Crippen molar-refractivity contribution in [2.24, 2.45) is 4.36 Å². The highest BCUT2D eigenvalue weighted by molar-refractivity contribution is 7.95. The Morgan fingerprint density at radius 3 is 2.36 bits per heavy atom. The van der Waals surface area contributed by atoms with Gasteiger partial charge >= 0.3 is 12.0 Å². The summed E-state index contributed by atoms with van der Waals surface area (Å²) in [6.07, 6.45) is 3.46. The lowest BCUT2D eigenvalue weighted by Gasteiger charge is -2.37. The van der Waals surface area contributed by atoms with Gasteiger partial charge in [-0.3, -0.25) is 0 Å². The van der Waals surface area contributed by atoms with E-state index in [1.165, 1.54) is 6.20 Å². The van der Waals surface area contributed by atoms with Crippen LogP contribution in [0.4, 0.5) is 10.5 Å². The van der Waals surface area contributed by atoms with Crippen molar-refractivity contribution in [2.75, 3.05) is 5.32 Å². The maximum atomic E-state index is 14.4. The van der Waals surface area contributed by atoms with Gasteiger partial charge in [0.2, 0.25) is 0 Å². The molecule has 0 radical (unpaired) electrons. The summed E-state index contributed by atoms with van der Waals surface area (Å²) in [5.41, 5.74) is 0.753. The third-order valence-corrected chi connectivity index (χ3v) is 16.7. The molecular weight excluding hydrogens is 519 g/mol. The molecule has 2 amide bonds. The van der Waals surface area contributed by atoms with Crippen molar-refractivity contribution in [3.05, 3.63) is 33.7 Å². The summed E-state index contributed by atoms with van der Waals surface area (Å²) in [6.45, 7) is 14.9. The SMILES string of the molecule is Cc1c(C(=O)O)nc2c(c1NC(=O)N=S(=O)(N[Si](C)(C)C(C)(C)C)c1cnc(C(C)(C)O)s1)CCC2. The normalized spacial score (nSPS) is 15.8. The molecule has 10 nitrogen and oxygen atoms in total. The average Bonchev–Trinajstić information content (AvgIpc) is 3.37. The molecule has 2 aromatic rings. The van der Waals surface area contributed by atoms with Crippen LogP contribution in [-0.2, 0) is 28.4 Å². The molecule has 3 rings (SSSR count). The summed E-state index contributed by atoms with van der Waals surface area (Å²) in [6, 6.07) is -0.857. The number of aryl methyl sites for hydroxylation is 1. The summed E-state index contributed by atoms with van der Waals surface area (Å²) >= 11 is 1.04. The number of aromatic carboxylic acids is 1. The van der Waals surface area contributed by atoms with Crippen LogP contribution < -0.4 is 9.70 Å². The Kier molecular flexibility index (Phi) is 7.57. The second-order valence-electron chi connectivity index (χ2n) is 11.1. The van der Waals surface area contributed by atoms with Crippen molar-refractivity contribution in [2.45, 2.75) is 88.7 Å². The number of fused-ring (bicyclic) bond motifs is 1. The van der Waals surface area contributed by atoms with Crippen LogP contribution in [0.1, 0.15) is 73.4 Å². The number of urea groups is 1. The highest BCUT2D eigenvalue weighted by atomic mass is 32.2. The molecule has 0 aromatic carbocycles. The molecule has 1 atom stereocenters. The third-order valence-electron chi connectivity index (χ3n) is 6.66. The van der Waals surface area contributed by atoms with E-state index in [1.54, 1.807) is 20.8 Å². The summed E-state index contributed by atoms with van der Waals surface area (Å²) in [7, 11) is -5.92. The summed E-state index contributed by atoms with van der Waals surface area (Å²) < 4.78 is 22.0. The minimum Gasteiger partial charge on any atom is -0.477 e. The number of amides is 2. The number of carboxylic acid groups (broad SMARTS) is 1. The smallest absolute Gasteiger partial charge is 0.354 e. The lowest BCUT2D eigenvalue weighted by Crippen LogP contribution is -2.54. The minimum absolute atomic E-state index is 0.122. The topological polar surface area (TPSA) is 154 Å². The first kappa shape index (κ1) is 28.4. The van der Waals surface area contributed by atoms with Gasteiger partial charge in [-0.2, -0.15) is 0 Å². The van der Waals surface area contributed by atoms with Gasteiger partial charge in [0.15, 0.2) is 15.6 Å². The molecule has 0 bridgehead atoms. The molecule has 2 aromatic heterocycles. The number of hydrogen-bond acceptors (Lipinski definition) is 7. The summed E-state index contributed by atoms with van der Waals surface area (Å²) in [4.78, 5) is 33.5. The van der Waals surface area contributed by atoms with Gasteiger partial charge in [-0.05, 0) is 50.6 Å². The van der Waals surface area contributed by atoms with Gasteiger partial charge in [0.25, 0.3) is 0 Å². The fourth-order valence-electron chi connectivity index (χ4n) is 3.60. The molecule has 36 heavy (non-hydrogen) atoms. The molecule has 1 aliphatic carbocycles. The lowest BCUT2D eigenvalue weighted by atomic mass is 10.1. The summed E-state index contributed by atoms with van der Waals surface area (Å²) in [5, 5.41) is 22.8. The Bertz CT molecular complexity index is 1330. The number of hydrogen-bond donors (Lipinski definition) is 4. The predicted molar refractivity (Wildman–Crippen MR) is 144 cm³/mol. The Morgan fingerprint density at radius 2 is 1.83 bits per heavy atom. The van der Waals surface area contributed by atoms with Crippen LogP contribution in [0.25, 0.3) is 0 Å². The fourth-order valence-corrected chi connectivity index (χ4v) is 10.6. The van der Waals surface area contributed by atoms with Crippen LogP contribution in [0, 0.1) is 6.92 Å². The fraction of sp³-hybridized carbons (Fsp3) is 0.565. The van der Waals surface area contributed by atoms with Gasteiger partial charge in [0.1, 0.15) is 23.1 Å². The van der Waals surface area contributed by atoms with Crippen LogP contribution in [-0.4, -0.2) is 44.6 Å². The highest BCUT2D eigenvalue weighted by Gasteiger charge is 2.40. The van der Waals surface area contributed by atoms with Crippen molar-refractivity contribution in [3.63, 3.8) is 0 Å². The van der Waals surface area contributed by atoms with E-state index in [9.17, 15) is 24.0 Å². The van der Waals surface area contributed by atoms with E-state index >= 15 is 0 Å². The molecule has 0 spiro atoms. The van der Waals surface area contributed by atoms with E-state index < -0.39 is 35.8 Å². The van der Waals surface area contributed by atoms with Crippen LogP contribution >= 0.6 is 11.3 Å². The quantitative estimate of drug-likeness (QED) is 0.374. The molecule has 13 heteroatoms. The van der Waals surface area contributed by atoms with Gasteiger partial charge in [-0.15, -0.1) is 15.7 Å². The second kappa shape index (κ2) is 9.60. The lowest BCUT2D eigenvalue weighted by molar-refractivity contribution is 0.0688. The molecule has 0 aliphatic heterocycles. The number of nitrogens with zero attached hydrogens (tertiary/aromatic N) is 3. The zero-order valence-electron chi connectivity index (χ0n) is 22.0. The Hall–Kier alpha value is -2.19. The molecule has 4 N–H and O–H groups in total. The van der Waals surface area contributed by atoms with Crippen molar-refractivity contribution in [1.82, 2.24) is 14.4 Å². The van der Waals surface area contributed by atoms with Gasteiger partial charge in [-0.1, -0.05) is 33.9 Å². The van der Waals surface area contributed by atoms with Crippen LogP contribution in [0.2, 0.25) is 18.1 Å². The van der Waals surface area contributed by atoms with E-state index in [1.807, 2.05) is 33.9 Å². The standard InChI is InChI=1S/C23H35N5O5S2Si/c1-13-17(14-10-9-11-15(14)25-18(13)19(29)30)26-21(31)27-35(33,28-36(7,8)22(2,3)4)16-12-24-20(34-16)23(5,6)32/h12,32H,9-11H2,1-8H3,(H,29,30)(H2,25,26,27,28,31,33). The maximum absolute atomic E-state index is 14.4. The molecule has 0 saturated heterocycles. The Labute approximate surface area is 217 Å². The van der Waals surface area contributed by atoms with E-state index in [4.69, 9.17) is 0 Å². The van der Waals surface area contributed by atoms with Gasteiger partial charge in [0.05, 0.1) is 11.9 Å². The van der Waals surface area contributed by atoms with E-state index in [2.05, 4.69) is 24.0 Å². The largest absolute Gasteiger partial charge is 0.477 e. The first-order valence-corrected chi connectivity index (χ1v) is 17.0. The molecular formula is C23H35N5O5S2Si. The molecule has 1 unspecified atom stereocenters. The number of aromatic nitrogens is 2. The van der Waals surface area contributed by atoms with Crippen LogP contribution in [0.3, 0.4) is 0 Å². The van der Waals surface area contributed by atoms with Crippen molar-refractivity contribution < 1.29 is 24.0 Å². The molecule has 198 valence electrons. The van der Waals surface area contributed by atoms with Crippen molar-refractivity contribution >= 4 is 47.2 Å². The van der Waals surface area contributed by atoms with Crippen molar-refractivity contribution in [1.29, 1.82) is 0 Å². The maximum Gasteiger partial charge on any atom is 0.354 e. The first-order chi connectivity index (χ1) is 16.4. The Morgan fingerprint density at radius 1 is 1.19 bits per heavy atom. The Balaban J connectivity index is 2.12. The predicted octanol–water partition coefficient (Wildman–Crippen LogP) is 4.83. The van der Waals surface area contributed by atoms with E-state index in [-0.39, 0.29) is 14.9 Å². The number of rotatable bonds is 6. The zero-order valence-corrected chi connectivity index (χ0v) is 24.6. The highest BCUT2D eigenvalue weighted by Crippen LogP contribution is 2.37. The number of nitrogens with one attached hydrogen (secondary N) is 2. The number of carbonyl (C=O) groups excluding carboxylic acids is 1.